The maximum absolute atomic E-state index is 2.85. The number of nitrogens with zero attached hydrogens (tertiary/aromatic N) is 2. The van der Waals surface area contributed by atoms with E-state index in [0.717, 1.165) is 6.54 Å². The van der Waals surface area contributed by atoms with Gasteiger partial charge in [0.05, 0.1) is 11.4 Å². The zero-order valence-electron chi connectivity index (χ0n) is 15.5. The van der Waals surface area contributed by atoms with E-state index in [9.17, 15) is 0 Å². The summed E-state index contributed by atoms with van der Waals surface area (Å²) in [6, 6.07) is 17.8. The van der Waals surface area contributed by atoms with Gasteiger partial charge >= 0.3 is 0 Å². The highest BCUT2D eigenvalue weighted by atomic mass is 32.2. The Labute approximate surface area is 161 Å². The average Bonchev–Trinajstić information content (AvgIpc) is 3.07. The molecule has 2 fully saturated rings. The third-order valence-corrected chi connectivity index (χ3v) is 7.78. The van der Waals surface area contributed by atoms with Gasteiger partial charge in [0, 0.05) is 28.4 Å². The molecule has 136 valence electrons. The van der Waals surface area contributed by atoms with Crippen LogP contribution in [0.5, 0.6) is 0 Å². The highest BCUT2D eigenvalue weighted by Crippen LogP contribution is 2.48. The third kappa shape index (κ3) is 2.86. The lowest BCUT2D eigenvalue weighted by atomic mass is 9.80. The van der Waals surface area contributed by atoms with E-state index < -0.39 is 0 Å². The standard InChI is InChI=1S/C23H28N2S/c1-6-13-23(14-7-1)15-8-16-24(23)17-18-25-19-9-2-4-11-21(19)26-22-12-5-3-10-20(22)25/h2-5,9-12H,1,6-8,13-18H2. The van der Waals surface area contributed by atoms with E-state index >= 15 is 0 Å². The fourth-order valence-electron chi connectivity index (χ4n) is 5.36. The highest BCUT2D eigenvalue weighted by molar-refractivity contribution is 7.99. The Balaban J connectivity index is 1.40. The van der Waals surface area contributed by atoms with Gasteiger partial charge in [-0.1, -0.05) is 55.3 Å². The number of benzene rings is 2. The molecule has 0 bridgehead atoms. The van der Waals surface area contributed by atoms with Crippen LogP contribution in [0, 0.1) is 0 Å². The number of fused-ring (bicyclic) bond motifs is 2. The van der Waals surface area contributed by atoms with Crippen LogP contribution < -0.4 is 4.90 Å². The summed E-state index contributed by atoms with van der Waals surface area (Å²) < 4.78 is 0. The van der Waals surface area contributed by atoms with Crippen LogP contribution in [0.25, 0.3) is 0 Å². The average molecular weight is 365 g/mol. The molecule has 1 saturated carbocycles. The minimum absolute atomic E-state index is 0.530. The summed E-state index contributed by atoms with van der Waals surface area (Å²) in [5.41, 5.74) is 3.29. The van der Waals surface area contributed by atoms with E-state index in [1.165, 1.54) is 79.2 Å². The van der Waals surface area contributed by atoms with Gasteiger partial charge in [-0.25, -0.2) is 0 Å². The van der Waals surface area contributed by atoms with Crippen molar-refractivity contribution < 1.29 is 0 Å². The molecule has 1 saturated heterocycles. The summed E-state index contributed by atoms with van der Waals surface area (Å²) in [6.07, 6.45) is 9.98. The Morgan fingerprint density at radius 1 is 0.731 bits per heavy atom. The van der Waals surface area contributed by atoms with Gasteiger partial charge in [-0.2, -0.15) is 0 Å². The van der Waals surface area contributed by atoms with Crippen LogP contribution in [0.3, 0.4) is 0 Å². The molecule has 0 aromatic heterocycles. The van der Waals surface area contributed by atoms with Crippen LogP contribution in [-0.2, 0) is 0 Å². The third-order valence-electron chi connectivity index (χ3n) is 6.65. The molecule has 2 aromatic carbocycles. The number of likely N-dealkylation sites (tertiary alicyclic amines) is 1. The van der Waals surface area contributed by atoms with Crippen LogP contribution in [0.1, 0.15) is 44.9 Å². The molecule has 0 atom stereocenters. The van der Waals surface area contributed by atoms with Crippen LogP contribution >= 0.6 is 11.8 Å². The summed E-state index contributed by atoms with van der Waals surface area (Å²) in [5, 5.41) is 0. The molecule has 5 rings (SSSR count). The predicted octanol–water partition coefficient (Wildman–Crippen LogP) is 6.09. The first-order valence-electron chi connectivity index (χ1n) is 10.2. The van der Waals surface area contributed by atoms with E-state index in [-0.39, 0.29) is 0 Å². The lowest BCUT2D eigenvalue weighted by molar-refractivity contribution is 0.0960. The van der Waals surface area contributed by atoms with Gasteiger partial charge in [0.25, 0.3) is 0 Å². The Kier molecular flexibility index (Phi) is 4.46. The zero-order chi connectivity index (χ0) is 17.4. The second-order valence-corrected chi connectivity index (χ2v) is 9.15. The Hall–Kier alpha value is -1.45. The molecule has 2 nitrogen and oxygen atoms in total. The van der Waals surface area contributed by atoms with Crippen molar-refractivity contribution in [3.8, 4) is 0 Å². The predicted molar refractivity (Wildman–Crippen MR) is 111 cm³/mol. The molecule has 0 amide bonds. The van der Waals surface area contributed by atoms with Gasteiger partial charge in [-0.15, -0.1) is 0 Å². The molecule has 0 N–H and O–H groups in total. The molecule has 3 heteroatoms. The summed E-state index contributed by atoms with van der Waals surface area (Å²) in [4.78, 5) is 8.19. The van der Waals surface area contributed by atoms with Gasteiger partial charge in [0.1, 0.15) is 0 Å². The van der Waals surface area contributed by atoms with E-state index in [2.05, 4.69) is 58.3 Å². The van der Waals surface area contributed by atoms with E-state index in [1.54, 1.807) is 0 Å². The van der Waals surface area contributed by atoms with Crippen molar-refractivity contribution in [2.75, 3.05) is 24.5 Å². The van der Waals surface area contributed by atoms with Gasteiger partial charge in [0.15, 0.2) is 0 Å². The van der Waals surface area contributed by atoms with Gasteiger partial charge in [-0.3, -0.25) is 4.90 Å². The zero-order valence-corrected chi connectivity index (χ0v) is 16.3. The molecular formula is C23H28N2S. The maximum Gasteiger partial charge on any atom is 0.0553 e. The Morgan fingerprint density at radius 2 is 1.35 bits per heavy atom. The topological polar surface area (TPSA) is 6.48 Å². The van der Waals surface area contributed by atoms with E-state index in [4.69, 9.17) is 0 Å². The molecule has 26 heavy (non-hydrogen) atoms. The minimum Gasteiger partial charge on any atom is -0.338 e. The molecule has 3 aliphatic rings. The molecule has 2 aliphatic heterocycles. The number of para-hydroxylation sites is 2. The molecule has 2 heterocycles. The minimum atomic E-state index is 0.530. The summed E-state index contributed by atoms with van der Waals surface area (Å²) >= 11 is 1.91. The normalized spacial score (nSPS) is 21.6. The first kappa shape index (κ1) is 16.7. The molecule has 0 radical (unpaired) electrons. The second kappa shape index (κ2) is 6.94. The van der Waals surface area contributed by atoms with Crippen molar-refractivity contribution in [1.29, 1.82) is 0 Å². The van der Waals surface area contributed by atoms with Crippen molar-refractivity contribution in [3.05, 3.63) is 48.5 Å². The lowest BCUT2D eigenvalue weighted by Crippen LogP contribution is -2.48. The summed E-state index contributed by atoms with van der Waals surface area (Å²) in [5.74, 6) is 0. The molecule has 1 aliphatic carbocycles. The lowest BCUT2D eigenvalue weighted by Gasteiger charge is -2.43. The van der Waals surface area contributed by atoms with Crippen molar-refractivity contribution >= 4 is 23.1 Å². The smallest absolute Gasteiger partial charge is 0.0553 e. The monoisotopic (exact) mass is 364 g/mol. The van der Waals surface area contributed by atoms with Crippen molar-refractivity contribution in [1.82, 2.24) is 4.90 Å². The number of anilines is 2. The van der Waals surface area contributed by atoms with Crippen molar-refractivity contribution in [3.63, 3.8) is 0 Å². The molecule has 1 spiro atoms. The van der Waals surface area contributed by atoms with Crippen molar-refractivity contribution in [2.45, 2.75) is 60.3 Å². The van der Waals surface area contributed by atoms with Gasteiger partial charge in [-0.05, 0) is 56.5 Å². The van der Waals surface area contributed by atoms with E-state index in [0.29, 0.717) is 5.54 Å². The Bertz CT molecular complexity index is 736. The number of hydrogen-bond donors (Lipinski definition) is 0. The Morgan fingerprint density at radius 3 is 2.04 bits per heavy atom. The SMILES string of the molecule is c1ccc2c(c1)Sc1ccccc1N2CCN1CCCC12CCCCC2. The number of hydrogen-bond acceptors (Lipinski definition) is 3. The summed E-state index contributed by atoms with van der Waals surface area (Å²) in [7, 11) is 0. The van der Waals surface area contributed by atoms with E-state index in [1.807, 2.05) is 11.8 Å². The van der Waals surface area contributed by atoms with Crippen LogP contribution in [0.2, 0.25) is 0 Å². The highest BCUT2D eigenvalue weighted by Gasteiger charge is 2.41. The fraction of sp³-hybridized carbons (Fsp3) is 0.478. The van der Waals surface area contributed by atoms with Gasteiger partial charge in [0.2, 0.25) is 0 Å². The van der Waals surface area contributed by atoms with Crippen LogP contribution in [-0.4, -0.2) is 30.1 Å². The first-order valence-corrected chi connectivity index (χ1v) is 11.1. The van der Waals surface area contributed by atoms with Gasteiger partial charge < -0.3 is 4.90 Å². The maximum atomic E-state index is 2.85. The van der Waals surface area contributed by atoms with Crippen molar-refractivity contribution in [2.24, 2.45) is 0 Å². The fourth-order valence-corrected chi connectivity index (χ4v) is 6.46. The van der Waals surface area contributed by atoms with Crippen LogP contribution in [0.4, 0.5) is 11.4 Å². The quantitative estimate of drug-likeness (QED) is 0.651. The first-order chi connectivity index (χ1) is 12.9. The summed E-state index contributed by atoms with van der Waals surface area (Å²) in [6.45, 7) is 3.58. The largest absolute Gasteiger partial charge is 0.338 e. The molecule has 0 unspecified atom stereocenters. The second-order valence-electron chi connectivity index (χ2n) is 8.06. The molecule has 2 aromatic rings. The van der Waals surface area contributed by atoms with Crippen LogP contribution in [0.15, 0.2) is 58.3 Å². The molecular weight excluding hydrogens is 336 g/mol. The number of rotatable bonds is 3.